The summed E-state index contributed by atoms with van der Waals surface area (Å²) in [7, 11) is 0. The van der Waals surface area contributed by atoms with Crippen molar-refractivity contribution in [2.75, 3.05) is 6.61 Å². The molecule has 0 aromatic carbocycles. The second-order valence-corrected chi connectivity index (χ2v) is 5.80. The van der Waals surface area contributed by atoms with Gasteiger partial charge in [0.15, 0.2) is 0 Å². The molecule has 2 rings (SSSR count). The van der Waals surface area contributed by atoms with E-state index in [1.807, 2.05) is 18.3 Å². The van der Waals surface area contributed by atoms with Crippen LogP contribution in [0.5, 0.6) is 5.88 Å². The Labute approximate surface area is 118 Å². The number of nitriles is 1. The first-order valence-electron chi connectivity index (χ1n) is 6.49. The molecule has 0 fully saturated rings. The van der Waals surface area contributed by atoms with Gasteiger partial charge in [0.25, 0.3) is 0 Å². The van der Waals surface area contributed by atoms with Crippen molar-refractivity contribution in [1.29, 1.82) is 5.26 Å². The summed E-state index contributed by atoms with van der Waals surface area (Å²) in [5.41, 5.74) is 1.84. The van der Waals surface area contributed by atoms with Crippen molar-refractivity contribution in [3.8, 4) is 11.9 Å². The Morgan fingerprint density at radius 3 is 2.90 bits per heavy atom. The topological polar surface area (TPSA) is 74.6 Å². The van der Waals surface area contributed by atoms with E-state index in [1.165, 1.54) is 12.4 Å². The van der Waals surface area contributed by atoms with E-state index in [0.717, 1.165) is 16.6 Å². The number of rotatable bonds is 4. The number of allylic oxidation sites excluding steroid dienone is 2. The van der Waals surface area contributed by atoms with E-state index in [9.17, 15) is 0 Å². The molecule has 0 spiro atoms. The summed E-state index contributed by atoms with van der Waals surface area (Å²) < 4.78 is 5.83. The van der Waals surface area contributed by atoms with Gasteiger partial charge in [0, 0.05) is 12.3 Å². The van der Waals surface area contributed by atoms with E-state index in [1.54, 1.807) is 0 Å². The Bertz CT molecular complexity index is 659. The van der Waals surface area contributed by atoms with E-state index in [0.29, 0.717) is 18.9 Å². The number of hydrogen-bond donors (Lipinski definition) is 1. The highest BCUT2D eigenvalue weighted by Gasteiger charge is 2.15. The normalized spacial score (nSPS) is 11.9. The van der Waals surface area contributed by atoms with E-state index in [4.69, 9.17) is 10.00 Å². The number of H-pyrrole nitrogens is 1. The fourth-order valence-electron chi connectivity index (χ4n) is 1.79. The lowest BCUT2D eigenvalue weighted by atomic mass is 9.99. The lowest BCUT2D eigenvalue weighted by molar-refractivity contribution is 0.193. The molecule has 0 amide bonds. The van der Waals surface area contributed by atoms with Gasteiger partial charge in [0.2, 0.25) is 5.88 Å². The third kappa shape index (κ3) is 3.35. The van der Waals surface area contributed by atoms with Crippen LogP contribution in [0, 0.1) is 16.7 Å². The second kappa shape index (κ2) is 5.74. The van der Waals surface area contributed by atoms with Gasteiger partial charge < -0.3 is 9.72 Å². The van der Waals surface area contributed by atoms with Gasteiger partial charge in [-0.1, -0.05) is 26.8 Å². The van der Waals surface area contributed by atoms with Crippen LogP contribution in [-0.2, 0) is 6.42 Å². The van der Waals surface area contributed by atoms with E-state index >= 15 is 0 Å². The Kier molecular flexibility index (Phi) is 4.04. The van der Waals surface area contributed by atoms with Crippen LogP contribution >= 0.6 is 0 Å². The van der Waals surface area contributed by atoms with Crippen LogP contribution in [0.3, 0.4) is 0 Å². The smallest absolute Gasteiger partial charge is 0.226 e. The predicted molar refractivity (Wildman–Crippen MR) is 77.3 cm³/mol. The number of aromatic amines is 1. The highest BCUT2D eigenvalue weighted by Crippen LogP contribution is 2.27. The zero-order valence-corrected chi connectivity index (χ0v) is 12.0. The molecule has 2 aromatic rings. The average molecular weight is 270 g/mol. The molecular weight excluding hydrogens is 252 g/mol. The van der Waals surface area contributed by atoms with Crippen LogP contribution in [0.4, 0.5) is 0 Å². The molecule has 0 atom stereocenters. The molecule has 0 radical (unpaired) electrons. The van der Waals surface area contributed by atoms with E-state index in [-0.39, 0.29) is 5.41 Å². The summed E-state index contributed by atoms with van der Waals surface area (Å²) in [5, 5.41) is 9.43. The van der Waals surface area contributed by atoms with Crippen LogP contribution in [-0.4, -0.2) is 21.6 Å². The van der Waals surface area contributed by atoms with Gasteiger partial charge in [-0.2, -0.15) is 5.26 Å². The highest BCUT2D eigenvalue weighted by atomic mass is 16.5. The maximum atomic E-state index is 8.54. The summed E-state index contributed by atoms with van der Waals surface area (Å²) in [6, 6.07) is 1.98. The van der Waals surface area contributed by atoms with Crippen molar-refractivity contribution in [3.05, 3.63) is 30.2 Å². The molecule has 0 unspecified atom stereocenters. The van der Waals surface area contributed by atoms with Gasteiger partial charge in [0.05, 0.1) is 18.1 Å². The fraction of sp³-hybridized carbons (Fsp3) is 0.400. The van der Waals surface area contributed by atoms with E-state index < -0.39 is 0 Å². The molecule has 2 aromatic heterocycles. The summed E-state index contributed by atoms with van der Waals surface area (Å²) in [4.78, 5) is 11.5. The number of nitrogens with zero attached hydrogens (tertiary/aromatic N) is 3. The molecule has 0 aliphatic heterocycles. The number of hydrogen-bond acceptors (Lipinski definition) is 4. The van der Waals surface area contributed by atoms with Crippen molar-refractivity contribution < 1.29 is 4.74 Å². The SMILES string of the molecule is CC(C)(C)COc1ncnc2[nH]cc(C/C=C\C#N)c12. The van der Waals surface area contributed by atoms with Gasteiger partial charge in [-0.05, 0) is 17.4 Å². The van der Waals surface area contributed by atoms with Gasteiger partial charge in [-0.15, -0.1) is 0 Å². The molecule has 2 heterocycles. The molecule has 1 N–H and O–H groups in total. The minimum absolute atomic E-state index is 0.0639. The predicted octanol–water partition coefficient (Wildman–Crippen LogP) is 3.01. The molecule has 0 aliphatic carbocycles. The third-order valence-corrected chi connectivity index (χ3v) is 2.69. The number of fused-ring (bicyclic) bond motifs is 1. The lowest BCUT2D eigenvalue weighted by Crippen LogP contribution is -2.17. The standard InChI is InChI=1S/C15H18N4O/c1-15(2,3)9-20-14-12-11(6-4-5-7-16)8-17-13(12)18-10-19-14/h4-5,8,10H,6,9H2,1-3H3,(H,17,18,19)/b5-4-. The summed E-state index contributed by atoms with van der Waals surface area (Å²) >= 11 is 0. The second-order valence-electron chi connectivity index (χ2n) is 5.80. The number of aromatic nitrogens is 3. The summed E-state index contributed by atoms with van der Waals surface area (Å²) in [6.07, 6.45) is 7.30. The molecule has 0 bridgehead atoms. The molecule has 0 saturated heterocycles. The first-order valence-corrected chi connectivity index (χ1v) is 6.49. The number of ether oxygens (including phenoxy) is 1. The maximum absolute atomic E-state index is 8.54. The molecule has 0 saturated carbocycles. The zero-order chi connectivity index (χ0) is 14.6. The lowest BCUT2D eigenvalue weighted by Gasteiger charge is -2.18. The number of nitrogens with one attached hydrogen (secondary N) is 1. The highest BCUT2D eigenvalue weighted by molar-refractivity contribution is 5.84. The molecule has 5 heteroatoms. The molecule has 0 aliphatic rings. The van der Waals surface area contributed by atoms with E-state index in [2.05, 4.69) is 35.7 Å². The Balaban J connectivity index is 2.32. The first kappa shape index (κ1) is 14.1. The van der Waals surface area contributed by atoms with Crippen molar-refractivity contribution in [2.45, 2.75) is 27.2 Å². The van der Waals surface area contributed by atoms with Crippen LogP contribution in [0.2, 0.25) is 0 Å². The van der Waals surface area contributed by atoms with Crippen molar-refractivity contribution in [1.82, 2.24) is 15.0 Å². The quantitative estimate of drug-likeness (QED) is 0.866. The average Bonchev–Trinajstić information content (AvgIpc) is 2.80. The minimum atomic E-state index is 0.0639. The van der Waals surface area contributed by atoms with Crippen molar-refractivity contribution in [2.24, 2.45) is 5.41 Å². The fourth-order valence-corrected chi connectivity index (χ4v) is 1.79. The van der Waals surface area contributed by atoms with Crippen molar-refractivity contribution >= 4 is 11.0 Å². The molecule has 104 valence electrons. The van der Waals surface area contributed by atoms with Crippen LogP contribution in [0.15, 0.2) is 24.7 Å². The van der Waals surface area contributed by atoms with Gasteiger partial charge in [0.1, 0.15) is 12.0 Å². The molecular formula is C15H18N4O. The van der Waals surface area contributed by atoms with Gasteiger partial charge >= 0.3 is 0 Å². The van der Waals surface area contributed by atoms with Gasteiger partial charge in [-0.3, -0.25) is 0 Å². The minimum Gasteiger partial charge on any atom is -0.477 e. The molecule has 20 heavy (non-hydrogen) atoms. The van der Waals surface area contributed by atoms with Crippen LogP contribution < -0.4 is 4.74 Å². The summed E-state index contributed by atoms with van der Waals surface area (Å²) in [6.45, 7) is 6.91. The van der Waals surface area contributed by atoms with Crippen molar-refractivity contribution in [3.63, 3.8) is 0 Å². The third-order valence-electron chi connectivity index (χ3n) is 2.69. The Morgan fingerprint density at radius 2 is 2.20 bits per heavy atom. The summed E-state index contributed by atoms with van der Waals surface area (Å²) in [5.74, 6) is 0.589. The Hall–Kier alpha value is -2.35. The monoisotopic (exact) mass is 270 g/mol. The van der Waals surface area contributed by atoms with Crippen LogP contribution in [0.1, 0.15) is 26.3 Å². The first-order chi connectivity index (χ1) is 9.51. The Morgan fingerprint density at radius 1 is 1.40 bits per heavy atom. The largest absolute Gasteiger partial charge is 0.477 e. The van der Waals surface area contributed by atoms with Gasteiger partial charge in [-0.25, -0.2) is 9.97 Å². The molecule has 5 nitrogen and oxygen atoms in total. The zero-order valence-electron chi connectivity index (χ0n) is 12.0. The maximum Gasteiger partial charge on any atom is 0.226 e. The van der Waals surface area contributed by atoms with Crippen LogP contribution in [0.25, 0.3) is 11.0 Å².